The molecule has 176 valence electrons. The van der Waals surface area contributed by atoms with E-state index >= 15 is 0 Å². The second-order valence-corrected chi connectivity index (χ2v) is 8.94. The third-order valence-electron chi connectivity index (χ3n) is 6.97. The number of H-pyrrole nitrogens is 1. The molecule has 0 unspecified atom stereocenters. The summed E-state index contributed by atoms with van der Waals surface area (Å²) in [4.78, 5) is 18.6. The van der Waals surface area contributed by atoms with Gasteiger partial charge >= 0.3 is 0 Å². The summed E-state index contributed by atoms with van der Waals surface area (Å²) in [5.41, 5.74) is 1.07. The number of hydrogen-bond acceptors (Lipinski definition) is 8. The fraction of sp³-hybridized carbons (Fsp3) is 0.565. The molecule has 1 aliphatic heterocycles. The van der Waals surface area contributed by atoms with Gasteiger partial charge in [-0.2, -0.15) is 0 Å². The quantitative estimate of drug-likeness (QED) is 0.582. The van der Waals surface area contributed by atoms with Gasteiger partial charge in [0.25, 0.3) is 5.56 Å². The normalized spacial score (nSPS) is 19.2. The summed E-state index contributed by atoms with van der Waals surface area (Å²) >= 11 is 0. The van der Waals surface area contributed by atoms with E-state index in [-0.39, 0.29) is 17.7 Å². The van der Waals surface area contributed by atoms with Crippen molar-refractivity contribution in [2.45, 2.75) is 56.7 Å². The fourth-order valence-corrected chi connectivity index (χ4v) is 5.19. The first kappa shape index (κ1) is 21.8. The van der Waals surface area contributed by atoms with Crippen molar-refractivity contribution in [2.24, 2.45) is 0 Å². The van der Waals surface area contributed by atoms with Gasteiger partial charge in [-0.3, -0.25) is 9.69 Å². The lowest BCUT2D eigenvalue weighted by molar-refractivity contribution is 0.0654. The number of aromatic amines is 1. The number of pyridine rings is 1. The summed E-state index contributed by atoms with van der Waals surface area (Å²) < 4.78 is 12.8. The van der Waals surface area contributed by atoms with Gasteiger partial charge in [0.15, 0.2) is 17.3 Å². The number of ether oxygens (including phenoxy) is 2. The van der Waals surface area contributed by atoms with Crippen molar-refractivity contribution in [3.05, 3.63) is 39.9 Å². The van der Waals surface area contributed by atoms with Crippen molar-refractivity contribution in [1.29, 1.82) is 0 Å². The molecule has 1 atom stereocenters. The van der Waals surface area contributed by atoms with Crippen LogP contribution in [-0.4, -0.2) is 68.6 Å². The van der Waals surface area contributed by atoms with Crippen LogP contribution in [0.2, 0.25) is 0 Å². The van der Waals surface area contributed by atoms with Gasteiger partial charge in [0, 0.05) is 30.1 Å². The van der Waals surface area contributed by atoms with Gasteiger partial charge in [-0.05, 0) is 48.2 Å². The minimum atomic E-state index is -0.408. The van der Waals surface area contributed by atoms with Gasteiger partial charge in [-0.1, -0.05) is 12.8 Å². The van der Waals surface area contributed by atoms with E-state index in [4.69, 9.17) is 9.47 Å². The lowest BCUT2D eigenvalue weighted by Gasteiger charge is -2.35. The maximum atomic E-state index is 13.4. The Morgan fingerprint density at radius 3 is 2.45 bits per heavy atom. The highest BCUT2D eigenvalue weighted by Gasteiger charge is 2.34. The number of methoxy groups -OCH3 is 2. The molecule has 2 aromatic heterocycles. The molecular formula is C23H30N6O4. The number of aliphatic hydroxyl groups is 1. The Bertz CT molecular complexity index is 1180. The number of fused-ring (bicyclic) bond motifs is 1. The van der Waals surface area contributed by atoms with Crippen LogP contribution >= 0.6 is 0 Å². The second kappa shape index (κ2) is 9.11. The average Bonchev–Trinajstić information content (AvgIpc) is 3.52. The highest BCUT2D eigenvalue weighted by atomic mass is 16.5. The van der Waals surface area contributed by atoms with Crippen molar-refractivity contribution in [1.82, 2.24) is 30.1 Å². The van der Waals surface area contributed by atoms with Gasteiger partial charge in [-0.25, -0.2) is 4.68 Å². The van der Waals surface area contributed by atoms with Crippen molar-refractivity contribution in [2.75, 3.05) is 27.3 Å². The van der Waals surface area contributed by atoms with Crippen LogP contribution in [0.5, 0.6) is 11.5 Å². The number of nitrogens with zero attached hydrogens (tertiary/aromatic N) is 5. The Labute approximate surface area is 191 Å². The van der Waals surface area contributed by atoms with E-state index in [9.17, 15) is 9.90 Å². The molecule has 0 bridgehead atoms. The van der Waals surface area contributed by atoms with Crippen LogP contribution in [0.4, 0.5) is 0 Å². The van der Waals surface area contributed by atoms with Crippen molar-refractivity contribution in [3.8, 4) is 11.5 Å². The Morgan fingerprint density at radius 1 is 1.06 bits per heavy atom. The third kappa shape index (κ3) is 4.08. The zero-order valence-electron chi connectivity index (χ0n) is 19.0. The van der Waals surface area contributed by atoms with E-state index in [1.54, 1.807) is 20.3 Å². The van der Waals surface area contributed by atoms with Crippen LogP contribution in [0.3, 0.4) is 0 Å². The van der Waals surface area contributed by atoms with Gasteiger partial charge in [-0.15, -0.1) is 5.10 Å². The summed E-state index contributed by atoms with van der Waals surface area (Å²) in [6.45, 7) is 1.32. The molecule has 5 rings (SSSR count). The number of piperidine rings is 1. The summed E-state index contributed by atoms with van der Waals surface area (Å²) in [5, 5.41) is 23.7. The minimum Gasteiger partial charge on any atom is -0.493 e. The number of rotatable bonds is 6. The van der Waals surface area contributed by atoms with Crippen molar-refractivity contribution >= 4 is 10.9 Å². The van der Waals surface area contributed by atoms with E-state index in [0.717, 1.165) is 31.1 Å². The van der Waals surface area contributed by atoms with E-state index in [2.05, 4.69) is 25.4 Å². The molecule has 1 saturated heterocycles. The van der Waals surface area contributed by atoms with Gasteiger partial charge in [0.05, 0.1) is 31.9 Å². The number of likely N-dealkylation sites (tertiary alicyclic amines) is 1. The number of aromatic nitrogens is 5. The van der Waals surface area contributed by atoms with Crippen LogP contribution in [0, 0.1) is 0 Å². The number of benzene rings is 1. The molecule has 2 aliphatic rings. The lowest BCUT2D eigenvalue weighted by Crippen LogP contribution is -2.42. The Kier molecular flexibility index (Phi) is 6.03. The van der Waals surface area contributed by atoms with Crippen LogP contribution in [-0.2, 0) is 0 Å². The first-order valence-electron chi connectivity index (χ1n) is 11.6. The maximum Gasteiger partial charge on any atom is 0.253 e. The van der Waals surface area contributed by atoms with E-state index in [0.29, 0.717) is 54.3 Å². The number of aliphatic hydroxyl groups excluding tert-OH is 1. The Morgan fingerprint density at radius 2 is 1.76 bits per heavy atom. The van der Waals surface area contributed by atoms with Crippen LogP contribution < -0.4 is 15.0 Å². The van der Waals surface area contributed by atoms with Gasteiger partial charge in [0.2, 0.25) is 0 Å². The standard InChI is InChI=1S/C23H30N6O4/c1-32-19-12-14-11-17(23(31)24-18(14)13-20(19)33-2)21(28-9-7-16(30)8-10-28)22-25-26-27-29(22)15-5-3-4-6-15/h11-13,15-16,21,30H,3-10H2,1-2H3,(H,24,31)/t21-/m0/s1. The monoisotopic (exact) mass is 454 g/mol. The molecule has 2 fully saturated rings. The molecule has 0 amide bonds. The molecular weight excluding hydrogens is 424 g/mol. The highest BCUT2D eigenvalue weighted by Crippen LogP contribution is 2.36. The molecule has 10 nitrogen and oxygen atoms in total. The SMILES string of the molecule is COc1cc2cc([C@@H](c3nnnn3C3CCCC3)N3CCC(O)CC3)c(=O)[nH]c2cc1OC. The molecule has 1 saturated carbocycles. The number of tetrazole rings is 1. The Hall–Kier alpha value is -2.98. The first-order valence-corrected chi connectivity index (χ1v) is 11.6. The summed E-state index contributed by atoms with van der Waals surface area (Å²) in [6, 6.07) is 5.38. The van der Waals surface area contributed by atoms with E-state index in [1.165, 1.54) is 0 Å². The van der Waals surface area contributed by atoms with E-state index in [1.807, 2.05) is 16.8 Å². The first-order chi connectivity index (χ1) is 16.1. The fourth-order valence-electron chi connectivity index (χ4n) is 5.19. The largest absolute Gasteiger partial charge is 0.493 e. The molecule has 10 heteroatoms. The predicted octanol–water partition coefficient (Wildman–Crippen LogP) is 2.19. The molecule has 2 N–H and O–H groups in total. The zero-order chi connectivity index (χ0) is 22.9. The minimum absolute atomic E-state index is 0.188. The second-order valence-electron chi connectivity index (χ2n) is 8.94. The lowest BCUT2D eigenvalue weighted by atomic mass is 9.99. The molecule has 33 heavy (non-hydrogen) atoms. The van der Waals surface area contributed by atoms with E-state index < -0.39 is 6.04 Å². The molecule has 1 aliphatic carbocycles. The molecule has 3 aromatic rings. The van der Waals surface area contributed by atoms with Crippen molar-refractivity contribution in [3.63, 3.8) is 0 Å². The molecule has 0 radical (unpaired) electrons. The topological polar surface area (TPSA) is 118 Å². The summed E-state index contributed by atoms with van der Waals surface area (Å²) in [5.74, 6) is 1.83. The highest BCUT2D eigenvalue weighted by molar-refractivity contribution is 5.83. The smallest absolute Gasteiger partial charge is 0.253 e. The third-order valence-corrected chi connectivity index (χ3v) is 6.97. The van der Waals surface area contributed by atoms with Crippen LogP contribution in [0.25, 0.3) is 10.9 Å². The number of hydrogen-bond donors (Lipinski definition) is 2. The molecule has 0 spiro atoms. The Balaban J connectivity index is 1.64. The average molecular weight is 455 g/mol. The molecule has 1 aromatic carbocycles. The summed E-state index contributed by atoms with van der Waals surface area (Å²) in [7, 11) is 3.16. The number of nitrogens with one attached hydrogen (secondary N) is 1. The zero-order valence-corrected chi connectivity index (χ0v) is 19.0. The van der Waals surface area contributed by atoms with Crippen LogP contribution in [0.15, 0.2) is 23.0 Å². The summed E-state index contributed by atoms with van der Waals surface area (Å²) in [6.07, 6.45) is 5.37. The van der Waals surface area contributed by atoms with Crippen LogP contribution in [0.1, 0.15) is 62.0 Å². The van der Waals surface area contributed by atoms with Gasteiger partial charge in [0.1, 0.15) is 6.04 Å². The molecule has 3 heterocycles. The van der Waals surface area contributed by atoms with Crippen molar-refractivity contribution < 1.29 is 14.6 Å². The predicted molar refractivity (Wildman–Crippen MR) is 122 cm³/mol. The maximum absolute atomic E-state index is 13.4. The van der Waals surface area contributed by atoms with Gasteiger partial charge < -0.3 is 19.6 Å².